The number of nitrogens with zero attached hydrogens (tertiary/aromatic N) is 1. The van der Waals surface area contributed by atoms with Gasteiger partial charge in [-0.2, -0.15) is 5.26 Å². The molecule has 1 aliphatic carbocycles. The molecule has 8 nitrogen and oxygen atoms in total. The van der Waals surface area contributed by atoms with Gasteiger partial charge < -0.3 is 10.1 Å². The Morgan fingerprint density at radius 2 is 1.88 bits per heavy atom. The topological polar surface area (TPSA) is 125 Å². The first kappa shape index (κ1) is 23.9. The summed E-state index contributed by atoms with van der Waals surface area (Å²) in [7, 11) is -3.72. The molecule has 2 N–H and O–H groups in total. The molecule has 0 aliphatic heterocycles. The number of anilines is 1. The average molecular weight is 476 g/mol. The van der Waals surface area contributed by atoms with Gasteiger partial charge in [0.05, 0.1) is 16.9 Å². The van der Waals surface area contributed by atoms with Crippen molar-refractivity contribution in [3.05, 3.63) is 45.8 Å². The number of hydrogen-bond acceptors (Lipinski definition) is 7. The number of carbonyl (C=O) groups excluding carboxylic acids is 2. The number of nitrogens with one attached hydrogen (secondary N) is 2. The van der Waals surface area contributed by atoms with Crippen LogP contribution in [0.15, 0.2) is 29.2 Å². The fourth-order valence-corrected chi connectivity index (χ4v) is 5.71. The Hall–Kier alpha value is -2.74. The molecule has 1 aliphatic rings. The van der Waals surface area contributed by atoms with Crippen molar-refractivity contribution in [1.82, 2.24) is 4.72 Å². The summed E-state index contributed by atoms with van der Waals surface area (Å²) < 4.78 is 31.7. The molecule has 0 bridgehead atoms. The minimum Gasteiger partial charge on any atom is -0.456 e. The highest BCUT2D eigenvalue weighted by molar-refractivity contribution is 7.89. The van der Waals surface area contributed by atoms with E-state index in [0.29, 0.717) is 10.6 Å². The number of esters is 1. The number of hydrogen-bond donors (Lipinski definition) is 2. The van der Waals surface area contributed by atoms with Crippen LogP contribution in [0.1, 0.15) is 47.3 Å². The predicted molar refractivity (Wildman–Crippen MR) is 121 cm³/mol. The van der Waals surface area contributed by atoms with E-state index in [1.165, 1.54) is 23.5 Å². The third-order valence-corrected chi connectivity index (χ3v) is 7.79. The van der Waals surface area contributed by atoms with E-state index in [2.05, 4.69) is 16.1 Å². The molecule has 1 amide bonds. The fourth-order valence-electron chi connectivity index (χ4n) is 3.42. The average Bonchev–Trinajstić information content (AvgIpc) is 2.91. The highest BCUT2D eigenvalue weighted by atomic mass is 32.2. The third-order valence-electron chi connectivity index (χ3n) is 5.10. The summed E-state index contributed by atoms with van der Waals surface area (Å²) in [6.07, 6.45) is 4.74. The second-order valence-corrected chi connectivity index (χ2v) is 10.4. The van der Waals surface area contributed by atoms with Crippen LogP contribution in [0.3, 0.4) is 0 Å². The van der Waals surface area contributed by atoms with Crippen molar-refractivity contribution in [3.63, 3.8) is 0 Å². The number of sulfonamides is 1. The minimum atomic E-state index is -3.72. The van der Waals surface area contributed by atoms with Gasteiger partial charge in [-0.05, 0) is 50.3 Å². The van der Waals surface area contributed by atoms with E-state index in [0.717, 1.165) is 48.1 Å². The molecule has 2 aromatic rings. The summed E-state index contributed by atoms with van der Waals surface area (Å²) in [5, 5.41) is 12.7. The Morgan fingerprint density at radius 1 is 1.16 bits per heavy atom. The maximum atomic E-state index is 12.2. The molecular formula is C22H25N3O5S2. The van der Waals surface area contributed by atoms with Gasteiger partial charge in [0.25, 0.3) is 5.91 Å². The normalized spacial score (nSPS) is 13.5. The van der Waals surface area contributed by atoms with Gasteiger partial charge in [-0.25, -0.2) is 13.1 Å². The van der Waals surface area contributed by atoms with Gasteiger partial charge in [-0.15, -0.1) is 11.3 Å². The zero-order valence-corrected chi connectivity index (χ0v) is 19.4. The fraction of sp³-hybridized carbons (Fsp3) is 0.409. The van der Waals surface area contributed by atoms with Crippen LogP contribution in [0.4, 0.5) is 5.00 Å². The quantitative estimate of drug-likeness (QED) is 0.446. The molecule has 0 unspecified atom stereocenters. The lowest BCUT2D eigenvalue weighted by Crippen LogP contribution is -2.28. The van der Waals surface area contributed by atoms with E-state index in [1.54, 1.807) is 12.1 Å². The lowest BCUT2D eigenvalue weighted by molar-refractivity contribution is -0.147. The van der Waals surface area contributed by atoms with Gasteiger partial charge in [-0.3, -0.25) is 9.59 Å². The Labute approximate surface area is 191 Å². The molecule has 0 spiro atoms. The number of thiophene rings is 1. The molecule has 0 atom stereocenters. The van der Waals surface area contributed by atoms with Crippen molar-refractivity contribution in [2.45, 2.75) is 50.3 Å². The molecule has 0 saturated heterocycles. The number of amides is 1. The van der Waals surface area contributed by atoms with E-state index in [4.69, 9.17) is 4.74 Å². The number of nitriles is 1. The molecule has 1 aromatic carbocycles. The van der Waals surface area contributed by atoms with E-state index >= 15 is 0 Å². The maximum absolute atomic E-state index is 12.2. The second-order valence-electron chi connectivity index (χ2n) is 7.55. The first-order valence-corrected chi connectivity index (χ1v) is 12.7. The van der Waals surface area contributed by atoms with Crippen LogP contribution in [0.25, 0.3) is 0 Å². The van der Waals surface area contributed by atoms with Crippen LogP contribution in [-0.2, 0) is 37.2 Å². The molecule has 1 aromatic heterocycles. The number of rotatable bonds is 8. The van der Waals surface area contributed by atoms with Gasteiger partial charge in [0.2, 0.25) is 10.0 Å². The Bertz CT molecular complexity index is 1130. The lowest BCUT2D eigenvalue weighted by Gasteiger charge is -2.08. The van der Waals surface area contributed by atoms with Crippen molar-refractivity contribution in [2.75, 3.05) is 18.5 Å². The summed E-state index contributed by atoms with van der Waals surface area (Å²) in [5.41, 5.74) is 2.45. The van der Waals surface area contributed by atoms with Gasteiger partial charge >= 0.3 is 5.97 Å². The highest BCUT2D eigenvalue weighted by Gasteiger charge is 2.21. The predicted octanol–water partition coefficient (Wildman–Crippen LogP) is 3.05. The monoisotopic (exact) mass is 475 g/mol. The van der Waals surface area contributed by atoms with E-state index in [1.807, 2.05) is 6.92 Å². The standard InChI is InChI=1S/C22H25N3O5S2/c1-15-7-9-16(10-8-15)32(28,29)24-12-11-21(27)30-14-20(26)25-22-18(13-23)17-5-3-2-4-6-19(17)31-22/h7-10,24H,2-6,11-12,14H2,1H3,(H,25,26). The minimum absolute atomic E-state index is 0.110. The molecule has 0 saturated carbocycles. The van der Waals surface area contributed by atoms with Crippen LogP contribution in [0.2, 0.25) is 0 Å². The zero-order chi connectivity index (χ0) is 23.1. The molecule has 1 heterocycles. The largest absolute Gasteiger partial charge is 0.456 e. The van der Waals surface area contributed by atoms with E-state index in [-0.39, 0.29) is 17.9 Å². The molecule has 0 radical (unpaired) electrons. The molecule has 0 fully saturated rings. The molecule has 3 rings (SSSR count). The molecular weight excluding hydrogens is 450 g/mol. The first-order chi connectivity index (χ1) is 15.3. The molecule has 32 heavy (non-hydrogen) atoms. The number of fused-ring (bicyclic) bond motifs is 1. The smallest absolute Gasteiger partial charge is 0.307 e. The number of aryl methyl sites for hydroxylation is 2. The SMILES string of the molecule is Cc1ccc(S(=O)(=O)NCCC(=O)OCC(=O)Nc2sc3c(c2C#N)CCCCC3)cc1. The Kier molecular flexibility index (Phi) is 8.01. The van der Waals surface area contributed by atoms with Crippen LogP contribution in [0, 0.1) is 18.3 Å². The van der Waals surface area contributed by atoms with Gasteiger partial charge in [0.15, 0.2) is 6.61 Å². The summed E-state index contributed by atoms with van der Waals surface area (Å²) in [6.45, 7) is 1.20. The number of carbonyl (C=O) groups is 2. The molecule has 170 valence electrons. The second kappa shape index (κ2) is 10.7. The third kappa shape index (κ3) is 6.16. The summed E-state index contributed by atoms with van der Waals surface area (Å²) in [5.74, 6) is -1.24. The Morgan fingerprint density at radius 3 is 2.59 bits per heavy atom. The van der Waals surface area contributed by atoms with Crippen molar-refractivity contribution in [3.8, 4) is 6.07 Å². The van der Waals surface area contributed by atoms with Crippen LogP contribution < -0.4 is 10.0 Å². The van der Waals surface area contributed by atoms with Crippen LogP contribution in [0.5, 0.6) is 0 Å². The molecule has 10 heteroatoms. The lowest BCUT2D eigenvalue weighted by atomic mass is 10.1. The summed E-state index contributed by atoms with van der Waals surface area (Å²) in [6, 6.07) is 8.53. The van der Waals surface area contributed by atoms with Crippen molar-refractivity contribution in [2.24, 2.45) is 0 Å². The van der Waals surface area contributed by atoms with Crippen LogP contribution in [-0.4, -0.2) is 33.4 Å². The first-order valence-electron chi connectivity index (χ1n) is 10.4. The maximum Gasteiger partial charge on any atom is 0.307 e. The van der Waals surface area contributed by atoms with Crippen molar-refractivity contribution < 1.29 is 22.7 Å². The number of benzene rings is 1. The van der Waals surface area contributed by atoms with Crippen LogP contribution >= 0.6 is 11.3 Å². The van der Waals surface area contributed by atoms with Crippen molar-refractivity contribution in [1.29, 1.82) is 5.26 Å². The van der Waals surface area contributed by atoms with Crippen molar-refractivity contribution >= 4 is 38.2 Å². The Balaban J connectivity index is 1.46. The zero-order valence-electron chi connectivity index (χ0n) is 17.8. The summed E-state index contributed by atoms with van der Waals surface area (Å²) in [4.78, 5) is 25.4. The van der Waals surface area contributed by atoms with Gasteiger partial charge in [0.1, 0.15) is 11.1 Å². The number of ether oxygens (including phenoxy) is 1. The summed E-state index contributed by atoms with van der Waals surface area (Å²) >= 11 is 1.41. The highest BCUT2D eigenvalue weighted by Crippen LogP contribution is 2.36. The van der Waals surface area contributed by atoms with Gasteiger partial charge in [-0.1, -0.05) is 24.1 Å². The van der Waals surface area contributed by atoms with Gasteiger partial charge in [0, 0.05) is 11.4 Å². The van der Waals surface area contributed by atoms with E-state index in [9.17, 15) is 23.3 Å². The van der Waals surface area contributed by atoms with E-state index < -0.39 is 28.5 Å².